The summed E-state index contributed by atoms with van der Waals surface area (Å²) in [6, 6.07) is 0.235. The second-order valence-corrected chi connectivity index (χ2v) is 5.53. The van der Waals surface area contributed by atoms with Gasteiger partial charge in [-0.25, -0.2) is 4.68 Å². The first-order valence-electron chi connectivity index (χ1n) is 6.78. The molecule has 0 saturated carbocycles. The Kier molecular flexibility index (Phi) is 5.19. The van der Waals surface area contributed by atoms with Gasteiger partial charge in [-0.05, 0) is 26.4 Å². The molecule has 1 atom stereocenters. The van der Waals surface area contributed by atoms with E-state index in [0.717, 1.165) is 30.6 Å². The summed E-state index contributed by atoms with van der Waals surface area (Å²) in [5, 5.41) is 7.25. The molecule has 1 aromatic heterocycles. The van der Waals surface area contributed by atoms with Crippen LogP contribution in [-0.2, 0) is 16.1 Å². The Bertz CT molecular complexity index is 575. The van der Waals surface area contributed by atoms with Gasteiger partial charge in [0.1, 0.15) is 11.6 Å². The maximum absolute atomic E-state index is 12.1. The molecule has 21 heavy (non-hydrogen) atoms. The van der Waals surface area contributed by atoms with Crippen molar-refractivity contribution in [3.8, 4) is 0 Å². The van der Waals surface area contributed by atoms with Crippen molar-refractivity contribution in [2.75, 3.05) is 32.6 Å². The molecule has 0 aliphatic carbocycles. The molecule has 0 amide bonds. The van der Waals surface area contributed by atoms with Gasteiger partial charge in [-0.15, -0.1) is 0 Å². The van der Waals surface area contributed by atoms with Crippen molar-refractivity contribution in [1.82, 2.24) is 14.7 Å². The molecule has 116 valence electrons. The molecule has 1 unspecified atom stereocenters. The third-order valence-electron chi connectivity index (χ3n) is 3.48. The van der Waals surface area contributed by atoms with E-state index < -0.39 is 11.5 Å². The summed E-state index contributed by atoms with van der Waals surface area (Å²) in [5.74, 6) is -0.546. The van der Waals surface area contributed by atoms with Gasteiger partial charge in [0, 0.05) is 12.6 Å². The van der Waals surface area contributed by atoms with E-state index in [2.05, 4.69) is 27.1 Å². The molecule has 1 aromatic rings. The Labute approximate surface area is 127 Å². The predicted octanol–water partition coefficient (Wildman–Crippen LogP) is 0.576. The van der Waals surface area contributed by atoms with E-state index in [-0.39, 0.29) is 17.6 Å². The minimum atomic E-state index is -0.546. The number of ether oxygens (including phenoxy) is 1. The lowest BCUT2D eigenvalue weighted by atomic mass is 10.1. The fourth-order valence-corrected chi connectivity index (χ4v) is 2.57. The van der Waals surface area contributed by atoms with Crippen LogP contribution in [-0.4, -0.2) is 53.9 Å². The first-order chi connectivity index (χ1) is 10.0. The SMILES string of the molecule is COC(=O)Cn1ncc(NC2CCCN(C)C2)c(Cl)c1=O. The summed E-state index contributed by atoms with van der Waals surface area (Å²) in [5.41, 5.74) is -0.000636. The van der Waals surface area contributed by atoms with Crippen molar-refractivity contribution < 1.29 is 9.53 Å². The van der Waals surface area contributed by atoms with Crippen molar-refractivity contribution in [1.29, 1.82) is 0 Å². The van der Waals surface area contributed by atoms with Crippen LogP contribution < -0.4 is 10.9 Å². The topological polar surface area (TPSA) is 76.5 Å². The van der Waals surface area contributed by atoms with Crippen LogP contribution in [0.25, 0.3) is 0 Å². The number of esters is 1. The number of likely N-dealkylation sites (tertiary alicyclic amines) is 1. The van der Waals surface area contributed by atoms with E-state index in [1.807, 2.05) is 0 Å². The highest BCUT2D eigenvalue weighted by Gasteiger charge is 2.19. The smallest absolute Gasteiger partial charge is 0.327 e. The number of likely N-dealkylation sites (N-methyl/N-ethyl adjacent to an activating group) is 1. The van der Waals surface area contributed by atoms with Crippen LogP contribution in [0.1, 0.15) is 12.8 Å². The lowest BCUT2D eigenvalue weighted by Gasteiger charge is -2.30. The van der Waals surface area contributed by atoms with Gasteiger partial charge >= 0.3 is 5.97 Å². The number of hydrogen-bond donors (Lipinski definition) is 1. The first-order valence-corrected chi connectivity index (χ1v) is 7.16. The van der Waals surface area contributed by atoms with Crippen LogP contribution in [0.2, 0.25) is 5.02 Å². The Balaban J connectivity index is 2.13. The quantitative estimate of drug-likeness (QED) is 0.819. The van der Waals surface area contributed by atoms with Gasteiger partial charge in [0.2, 0.25) is 0 Å². The zero-order valence-electron chi connectivity index (χ0n) is 12.1. The number of halogens is 1. The summed E-state index contributed by atoms with van der Waals surface area (Å²) in [4.78, 5) is 25.5. The number of hydrogen-bond acceptors (Lipinski definition) is 6. The number of aromatic nitrogens is 2. The number of rotatable bonds is 4. The van der Waals surface area contributed by atoms with Gasteiger partial charge in [-0.2, -0.15) is 5.10 Å². The lowest BCUT2D eigenvalue weighted by molar-refractivity contribution is -0.141. The summed E-state index contributed by atoms with van der Waals surface area (Å²) < 4.78 is 5.50. The summed E-state index contributed by atoms with van der Waals surface area (Å²) in [6.45, 7) is 1.72. The van der Waals surface area contributed by atoms with Crippen LogP contribution >= 0.6 is 11.6 Å². The van der Waals surface area contributed by atoms with Gasteiger partial charge in [-0.1, -0.05) is 11.6 Å². The Morgan fingerprint density at radius 3 is 3.05 bits per heavy atom. The zero-order chi connectivity index (χ0) is 15.4. The standard InChI is InChI=1S/C13H19ClN4O3/c1-17-5-3-4-9(7-17)16-10-6-15-18(8-11(19)21-2)13(20)12(10)14/h6,9,16H,3-5,7-8H2,1-2H3. The van der Waals surface area contributed by atoms with Crippen molar-refractivity contribution in [3.63, 3.8) is 0 Å². The van der Waals surface area contributed by atoms with E-state index >= 15 is 0 Å². The Morgan fingerprint density at radius 1 is 1.62 bits per heavy atom. The third kappa shape index (κ3) is 3.95. The number of methoxy groups -OCH3 is 1. The number of nitrogens with zero attached hydrogens (tertiary/aromatic N) is 3. The van der Waals surface area contributed by atoms with Crippen LogP contribution in [0.3, 0.4) is 0 Å². The number of nitrogens with one attached hydrogen (secondary N) is 1. The van der Waals surface area contributed by atoms with Crippen molar-refractivity contribution in [2.24, 2.45) is 0 Å². The molecular weight excluding hydrogens is 296 g/mol. The van der Waals surface area contributed by atoms with E-state index in [4.69, 9.17) is 11.6 Å². The molecule has 0 radical (unpaired) electrons. The van der Waals surface area contributed by atoms with Crippen molar-refractivity contribution in [3.05, 3.63) is 21.6 Å². The van der Waals surface area contributed by atoms with Crippen LogP contribution in [0.5, 0.6) is 0 Å². The predicted molar refractivity (Wildman–Crippen MR) is 79.7 cm³/mol. The molecule has 1 saturated heterocycles. The number of piperidine rings is 1. The van der Waals surface area contributed by atoms with Gasteiger partial charge in [0.15, 0.2) is 0 Å². The highest BCUT2D eigenvalue weighted by Crippen LogP contribution is 2.19. The van der Waals surface area contributed by atoms with Gasteiger partial charge in [0.05, 0.1) is 19.0 Å². The number of carbonyl (C=O) groups is 1. The summed E-state index contributed by atoms with van der Waals surface area (Å²) >= 11 is 6.08. The minimum Gasteiger partial charge on any atom is -0.468 e. The molecule has 1 N–H and O–H groups in total. The summed E-state index contributed by atoms with van der Waals surface area (Å²) in [6.07, 6.45) is 3.59. The molecular formula is C13H19ClN4O3. The molecule has 0 aromatic carbocycles. The van der Waals surface area contributed by atoms with Crippen LogP contribution in [0.15, 0.2) is 11.0 Å². The highest BCUT2D eigenvalue weighted by molar-refractivity contribution is 6.32. The van der Waals surface area contributed by atoms with Crippen LogP contribution in [0, 0.1) is 0 Å². The number of carbonyl (C=O) groups excluding carboxylic acids is 1. The maximum atomic E-state index is 12.1. The molecule has 7 nitrogen and oxygen atoms in total. The average Bonchev–Trinajstić information content (AvgIpc) is 2.47. The summed E-state index contributed by atoms with van der Waals surface area (Å²) in [7, 11) is 3.31. The van der Waals surface area contributed by atoms with Crippen molar-refractivity contribution in [2.45, 2.75) is 25.4 Å². The molecule has 0 spiro atoms. The minimum absolute atomic E-state index is 0.0436. The molecule has 8 heteroatoms. The maximum Gasteiger partial charge on any atom is 0.327 e. The van der Waals surface area contributed by atoms with E-state index in [9.17, 15) is 9.59 Å². The first kappa shape index (κ1) is 15.8. The second kappa shape index (κ2) is 6.91. The van der Waals surface area contributed by atoms with Crippen LogP contribution in [0.4, 0.5) is 5.69 Å². The average molecular weight is 315 g/mol. The largest absolute Gasteiger partial charge is 0.468 e. The molecule has 1 fully saturated rings. The van der Waals surface area contributed by atoms with E-state index in [1.54, 1.807) is 0 Å². The van der Waals surface area contributed by atoms with Gasteiger partial charge in [-0.3, -0.25) is 9.59 Å². The number of anilines is 1. The fourth-order valence-electron chi connectivity index (χ4n) is 2.37. The van der Waals surface area contributed by atoms with E-state index in [0.29, 0.717) is 5.69 Å². The Morgan fingerprint density at radius 2 is 2.38 bits per heavy atom. The van der Waals surface area contributed by atoms with Gasteiger partial charge < -0.3 is 15.0 Å². The molecule has 2 heterocycles. The molecule has 1 aliphatic rings. The highest BCUT2D eigenvalue weighted by atomic mass is 35.5. The normalized spacial score (nSPS) is 19.3. The van der Waals surface area contributed by atoms with Gasteiger partial charge in [0.25, 0.3) is 5.56 Å². The third-order valence-corrected chi connectivity index (χ3v) is 3.84. The lowest BCUT2D eigenvalue weighted by Crippen LogP contribution is -2.40. The molecule has 0 bridgehead atoms. The van der Waals surface area contributed by atoms with Crippen molar-refractivity contribution >= 4 is 23.3 Å². The molecule has 1 aliphatic heterocycles. The van der Waals surface area contributed by atoms with E-state index in [1.165, 1.54) is 13.3 Å². The fraction of sp³-hybridized carbons (Fsp3) is 0.615. The second-order valence-electron chi connectivity index (χ2n) is 5.16. The Hall–Kier alpha value is -1.60. The molecule has 2 rings (SSSR count). The monoisotopic (exact) mass is 314 g/mol. The zero-order valence-corrected chi connectivity index (χ0v) is 12.9.